The second-order valence-electron chi connectivity index (χ2n) is 7.98. The number of anilines is 2. The molecule has 1 aliphatic rings. The molecule has 0 saturated carbocycles. The molecule has 3 heterocycles. The Morgan fingerprint density at radius 3 is 2.79 bits per heavy atom. The summed E-state index contributed by atoms with van der Waals surface area (Å²) in [6.45, 7) is 2.06. The third-order valence-corrected chi connectivity index (χ3v) is 5.66. The van der Waals surface area contributed by atoms with Gasteiger partial charge in [0.25, 0.3) is 0 Å². The molecule has 0 radical (unpaired) electrons. The van der Waals surface area contributed by atoms with Crippen molar-refractivity contribution in [1.82, 2.24) is 24.8 Å². The van der Waals surface area contributed by atoms with Crippen LogP contribution in [0.4, 0.5) is 11.6 Å². The number of hydrogen-bond acceptors (Lipinski definition) is 6. The van der Waals surface area contributed by atoms with Gasteiger partial charge < -0.3 is 16.0 Å². The van der Waals surface area contributed by atoms with Crippen LogP contribution in [0.5, 0.6) is 0 Å². The number of fused-ring (bicyclic) bond motifs is 1. The van der Waals surface area contributed by atoms with Crippen molar-refractivity contribution < 1.29 is 9.59 Å². The molecule has 0 aliphatic carbocycles. The smallest absolute Gasteiger partial charge is 0.246 e. The molecule has 166 valence electrons. The van der Waals surface area contributed by atoms with E-state index in [4.69, 9.17) is 0 Å². The predicted molar refractivity (Wildman–Crippen MR) is 125 cm³/mol. The lowest BCUT2D eigenvalue weighted by atomic mass is 10.1. The summed E-state index contributed by atoms with van der Waals surface area (Å²) >= 11 is 0. The number of nitrogens with zero attached hydrogens (tertiary/aromatic N) is 4. The number of aromatic nitrogens is 4. The minimum atomic E-state index is -0.490. The molecule has 2 aromatic heterocycles. The summed E-state index contributed by atoms with van der Waals surface area (Å²) in [7, 11) is 0. The molecular formula is C24H23N7O2. The standard InChI is InChI=1S/C24H23N7O2/c1-15(16-5-3-2-4-6-16)27-24-25-12-11-21(30-24)31-14-26-19-13-17(7-9-20(19)31)28-23(33)18-8-10-22(32)29-18/h2-7,9,11-15,18H,8,10H2,1H3,(H,28,33)(H,29,32)(H,25,27,30)/t15-,18-/m0/s1. The molecule has 0 spiro atoms. The van der Waals surface area contributed by atoms with Crippen molar-refractivity contribution in [2.45, 2.75) is 31.8 Å². The highest BCUT2D eigenvalue weighted by Gasteiger charge is 2.27. The van der Waals surface area contributed by atoms with Gasteiger partial charge in [0.1, 0.15) is 18.2 Å². The molecule has 0 bridgehead atoms. The van der Waals surface area contributed by atoms with E-state index < -0.39 is 6.04 Å². The summed E-state index contributed by atoms with van der Waals surface area (Å²) in [5.74, 6) is 0.883. The molecule has 5 rings (SSSR count). The third kappa shape index (κ3) is 4.38. The fourth-order valence-corrected chi connectivity index (χ4v) is 3.88. The predicted octanol–water partition coefficient (Wildman–Crippen LogP) is 3.21. The summed E-state index contributed by atoms with van der Waals surface area (Å²) in [6, 6.07) is 17.0. The molecular weight excluding hydrogens is 418 g/mol. The summed E-state index contributed by atoms with van der Waals surface area (Å²) in [4.78, 5) is 37.2. The maximum atomic E-state index is 12.4. The zero-order valence-corrected chi connectivity index (χ0v) is 18.0. The molecule has 33 heavy (non-hydrogen) atoms. The number of carbonyl (C=O) groups is 2. The van der Waals surface area contributed by atoms with Crippen LogP contribution in [-0.2, 0) is 9.59 Å². The highest BCUT2D eigenvalue weighted by atomic mass is 16.2. The molecule has 1 aliphatic heterocycles. The Morgan fingerprint density at radius 1 is 1.15 bits per heavy atom. The van der Waals surface area contributed by atoms with Crippen LogP contribution < -0.4 is 16.0 Å². The normalized spacial score (nSPS) is 16.4. The Morgan fingerprint density at radius 2 is 2.00 bits per heavy atom. The summed E-state index contributed by atoms with van der Waals surface area (Å²) < 4.78 is 1.87. The van der Waals surface area contributed by atoms with Gasteiger partial charge in [-0.3, -0.25) is 14.2 Å². The Bertz CT molecular complexity index is 1320. The average Bonchev–Trinajstić information content (AvgIpc) is 3.46. The Kier molecular flexibility index (Phi) is 5.43. The first-order valence-electron chi connectivity index (χ1n) is 10.8. The van der Waals surface area contributed by atoms with Gasteiger partial charge in [-0.2, -0.15) is 4.98 Å². The van der Waals surface area contributed by atoms with E-state index in [0.29, 0.717) is 35.8 Å². The maximum absolute atomic E-state index is 12.4. The Balaban J connectivity index is 1.34. The third-order valence-electron chi connectivity index (χ3n) is 5.66. The monoisotopic (exact) mass is 441 g/mol. The van der Waals surface area contributed by atoms with E-state index in [1.165, 1.54) is 0 Å². The van der Waals surface area contributed by atoms with E-state index in [-0.39, 0.29) is 17.9 Å². The Hall–Kier alpha value is -4.27. The van der Waals surface area contributed by atoms with Crippen LogP contribution >= 0.6 is 0 Å². The SMILES string of the molecule is C[C@H](Nc1nccc(-n2cnc3cc(NC(=O)[C@@H]4CCC(=O)N4)ccc32)n1)c1ccccc1. The molecule has 9 nitrogen and oxygen atoms in total. The van der Waals surface area contributed by atoms with E-state index in [2.05, 4.69) is 50.0 Å². The number of hydrogen-bond donors (Lipinski definition) is 3. The van der Waals surface area contributed by atoms with Crippen molar-refractivity contribution in [2.24, 2.45) is 0 Å². The first-order valence-corrected chi connectivity index (χ1v) is 10.8. The van der Waals surface area contributed by atoms with E-state index in [1.807, 2.05) is 41.0 Å². The fraction of sp³-hybridized carbons (Fsp3) is 0.208. The number of benzene rings is 2. The molecule has 1 saturated heterocycles. The molecule has 2 amide bonds. The van der Waals surface area contributed by atoms with Gasteiger partial charge in [0, 0.05) is 18.3 Å². The van der Waals surface area contributed by atoms with Gasteiger partial charge in [-0.1, -0.05) is 30.3 Å². The number of imidazole rings is 1. The van der Waals surface area contributed by atoms with Crippen LogP contribution in [0.15, 0.2) is 67.1 Å². The van der Waals surface area contributed by atoms with Crippen molar-refractivity contribution >= 4 is 34.5 Å². The highest BCUT2D eigenvalue weighted by molar-refractivity contribution is 6.00. The second-order valence-corrected chi connectivity index (χ2v) is 7.98. The first-order chi connectivity index (χ1) is 16.1. The summed E-state index contributed by atoms with van der Waals surface area (Å²) in [5, 5.41) is 8.86. The van der Waals surface area contributed by atoms with E-state index >= 15 is 0 Å². The van der Waals surface area contributed by atoms with Crippen molar-refractivity contribution in [1.29, 1.82) is 0 Å². The van der Waals surface area contributed by atoms with Crippen molar-refractivity contribution in [3.8, 4) is 5.82 Å². The van der Waals surface area contributed by atoms with Crippen LogP contribution in [0.2, 0.25) is 0 Å². The van der Waals surface area contributed by atoms with Crippen molar-refractivity contribution in [2.75, 3.05) is 10.6 Å². The number of nitrogens with one attached hydrogen (secondary N) is 3. The largest absolute Gasteiger partial charge is 0.348 e. The number of carbonyl (C=O) groups excluding carboxylic acids is 2. The second kappa shape index (κ2) is 8.70. The van der Waals surface area contributed by atoms with Gasteiger partial charge in [-0.05, 0) is 43.2 Å². The number of rotatable bonds is 6. The minimum Gasteiger partial charge on any atom is -0.348 e. The topological polar surface area (TPSA) is 114 Å². The van der Waals surface area contributed by atoms with Crippen LogP contribution in [0.25, 0.3) is 16.9 Å². The van der Waals surface area contributed by atoms with E-state index in [0.717, 1.165) is 11.1 Å². The Labute approximate surface area is 190 Å². The van der Waals surface area contributed by atoms with Crippen molar-refractivity contribution in [3.63, 3.8) is 0 Å². The lowest BCUT2D eigenvalue weighted by molar-refractivity contribution is -0.122. The molecule has 2 atom stereocenters. The average molecular weight is 441 g/mol. The number of amides is 2. The van der Waals surface area contributed by atoms with E-state index in [1.54, 1.807) is 18.6 Å². The molecule has 2 aromatic carbocycles. The fourth-order valence-electron chi connectivity index (χ4n) is 3.88. The van der Waals surface area contributed by atoms with Gasteiger partial charge in [-0.15, -0.1) is 0 Å². The minimum absolute atomic E-state index is 0.0526. The van der Waals surface area contributed by atoms with Gasteiger partial charge in [0.05, 0.1) is 17.1 Å². The van der Waals surface area contributed by atoms with Crippen LogP contribution in [0.1, 0.15) is 31.4 Å². The lowest BCUT2D eigenvalue weighted by Gasteiger charge is -2.14. The van der Waals surface area contributed by atoms with Gasteiger partial charge in [-0.25, -0.2) is 9.97 Å². The molecule has 3 N–H and O–H groups in total. The van der Waals surface area contributed by atoms with Gasteiger partial charge in [0.2, 0.25) is 17.8 Å². The quantitative estimate of drug-likeness (QED) is 0.423. The van der Waals surface area contributed by atoms with Crippen LogP contribution in [-0.4, -0.2) is 37.4 Å². The van der Waals surface area contributed by atoms with Crippen LogP contribution in [0, 0.1) is 0 Å². The molecule has 0 unspecified atom stereocenters. The molecule has 9 heteroatoms. The summed E-state index contributed by atoms with van der Waals surface area (Å²) in [5.41, 5.74) is 3.34. The van der Waals surface area contributed by atoms with Gasteiger partial charge >= 0.3 is 0 Å². The summed E-state index contributed by atoms with van der Waals surface area (Å²) in [6.07, 6.45) is 4.29. The maximum Gasteiger partial charge on any atom is 0.246 e. The molecule has 4 aromatic rings. The molecule has 1 fully saturated rings. The lowest BCUT2D eigenvalue weighted by Crippen LogP contribution is -2.37. The zero-order valence-electron chi connectivity index (χ0n) is 18.0. The first kappa shape index (κ1) is 20.6. The zero-order chi connectivity index (χ0) is 22.8. The van der Waals surface area contributed by atoms with Crippen molar-refractivity contribution in [3.05, 3.63) is 72.7 Å². The highest BCUT2D eigenvalue weighted by Crippen LogP contribution is 2.23. The van der Waals surface area contributed by atoms with Crippen LogP contribution in [0.3, 0.4) is 0 Å². The van der Waals surface area contributed by atoms with Gasteiger partial charge in [0.15, 0.2) is 0 Å². The van der Waals surface area contributed by atoms with E-state index in [9.17, 15) is 9.59 Å².